The standard InChI is InChI=1S/C33H37ClN2O4/c1-19-8-7-9-21(12-19)35-28(39)18-40-27-11-10-20(13-22(27)34)29-30-23(14-32(2,3)16-25(30)37)36(6)24-15-33(4,5)17-26(38)31(24)29/h7-13,29H,14-18H2,1-6H3,(H,35,39). The largest absolute Gasteiger partial charge is 0.482 e. The summed E-state index contributed by atoms with van der Waals surface area (Å²) < 4.78 is 5.76. The molecular formula is C33H37ClN2O4. The first-order chi connectivity index (χ1) is 18.7. The summed E-state index contributed by atoms with van der Waals surface area (Å²) in [5.74, 6) is -0.234. The summed E-state index contributed by atoms with van der Waals surface area (Å²) in [6.07, 6.45) is 2.39. The molecule has 210 valence electrons. The average Bonchev–Trinajstić information content (AvgIpc) is 2.83. The second-order valence-corrected chi connectivity index (χ2v) is 13.4. The number of ketones is 2. The van der Waals surface area contributed by atoms with Gasteiger partial charge in [-0.15, -0.1) is 0 Å². The van der Waals surface area contributed by atoms with Crippen LogP contribution in [0.5, 0.6) is 5.75 Å². The first-order valence-electron chi connectivity index (χ1n) is 13.8. The van der Waals surface area contributed by atoms with Crippen LogP contribution in [0.25, 0.3) is 0 Å². The number of nitrogens with one attached hydrogen (secondary N) is 1. The van der Waals surface area contributed by atoms with Crippen LogP contribution in [-0.2, 0) is 14.4 Å². The maximum atomic E-state index is 13.7. The van der Waals surface area contributed by atoms with Crippen LogP contribution in [0.4, 0.5) is 5.69 Å². The first-order valence-corrected chi connectivity index (χ1v) is 14.2. The lowest BCUT2D eigenvalue weighted by Gasteiger charge is -2.47. The second-order valence-electron chi connectivity index (χ2n) is 13.0. The molecule has 1 aliphatic heterocycles. The number of nitrogens with zero attached hydrogens (tertiary/aromatic N) is 1. The minimum absolute atomic E-state index is 0.0801. The van der Waals surface area contributed by atoms with E-state index in [0.29, 0.717) is 40.4 Å². The number of hydrogen-bond acceptors (Lipinski definition) is 5. The number of carbonyl (C=O) groups excluding carboxylic acids is 3. The highest BCUT2D eigenvalue weighted by molar-refractivity contribution is 6.32. The Hall–Kier alpha value is -3.38. The minimum Gasteiger partial charge on any atom is -0.482 e. The van der Waals surface area contributed by atoms with Gasteiger partial charge >= 0.3 is 0 Å². The molecule has 0 unspecified atom stereocenters. The smallest absolute Gasteiger partial charge is 0.262 e. The van der Waals surface area contributed by atoms with Gasteiger partial charge in [0.2, 0.25) is 0 Å². The van der Waals surface area contributed by atoms with Gasteiger partial charge in [0.1, 0.15) is 5.75 Å². The van der Waals surface area contributed by atoms with Crippen LogP contribution >= 0.6 is 11.6 Å². The zero-order valence-corrected chi connectivity index (χ0v) is 24.9. The Bertz CT molecular complexity index is 1430. The third kappa shape index (κ3) is 5.46. The number of amides is 1. The molecule has 0 saturated heterocycles. The van der Waals surface area contributed by atoms with E-state index in [0.717, 1.165) is 35.4 Å². The zero-order valence-electron chi connectivity index (χ0n) is 24.1. The van der Waals surface area contributed by atoms with E-state index >= 15 is 0 Å². The van der Waals surface area contributed by atoms with Crippen molar-refractivity contribution in [2.24, 2.45) is 10.8 Å². The number of ether oxygens (including phenoxy) is 1. The molecule has 5 rings (SSSR count). The van der Waals surface area contributed by atoms with Gasteiger partial charge in [0.05, 0.1) is 5.02 Å². The number of Topliss-reactive ketones (excluding diaryl/α,β-unsaturated/α-hetero) is 2. The summed E-state index contributed by atoms with van der Waals surface area (Å²) in [5.41, 5.74) is 5.63. The number of rotatable bonds is 5. The molecular weight excluding hydrogens is 524 g/mol. The molecule has 2 aliphatic carbocycles. The fourth-order valence-corrected chi connectivity index (χ4v) is 6.62. The Morgan fingerprint density at radius 1 is 0.950 bits per heavy atom. The summed E-state index contributed by atoms with van der Waals surface area (Å²) in [5, 5.41) is 3.16. The van der Waals surface area contributed by atoms with E-state index in [-0.39, 0.29) is 34.9 Å². The molecule has 1 N–H and O–H groups in total. The molecule has 3 aliphatic rings. The molecule has 7 heteroatoms. The Morgan fingerprint density at radius 2 is 1.55 bits per heavy atom. The van der Waals surface area contributed by atoms with E-state index in [4.69, 9.17) is 16.3 Å². The average molecular weight is 561 g/mol. The molecule has 0 atom stereocenters. The lowest BCUT2D eigenvalue weighted by Crippen LogP contribution is -2.43. The van der Waals surface area contributed by atoms with Crippen LogP contribution in [0, 0.1) is 17.8 Å². The highest BCUT2D eigenvalue weighted by Gasteiger charge is 2.48. The minimum atomic E-state index is -0.468. The lowest BCUT2D eigenvalue weighted by atomic mass is 9.64. The van der Waals surface area contributed by atoms with Gasteiger partial charge in [-0.05, 0) is 66.0 Å². The SMILES string of the molecule is Cc1cccc(NC(=O)COc2ccc(C3C4=C(CC(C)(C)CC4=O)N(C)C4=C3C(=O)CC(C)(C)C4)cc2Cl)c1. The number of benzene rings is 2. The quantitative estimate of drug-likeness (QED) is 0.427. The van der Waals surface area contributed by atoms with Crippen LogP contribution in [-0.4, -0.2) is 36.0 Å². The second kappa shape index (κ2) is 10.2. The number of aryl methyl sites for hydroxylation is 1. The highest BCUT2D eigenvalue weighted by Crippen LogP contribution is 2.54. The van der Waals surface area contributed by atoms with Gasteiger partial charge in [-0.25, -0.2) is 0 Å². The summed E-state index contributed by atoms with van der Waals surface area (Å²) in [6.45, 7) is 10.2. The molecule has 0 radical (unpaired) electrons. The monoisotopic (exact) mass is 560 g/mol. The van der Waals surface area contributed by atoms with Crippen LogP contribution in [0.1, 0.15) is 70.4 Å². The molecule has 0 saturated carbocycles. The van der Waals surface area contributed by atoms with Crippen molar-refractivity contribution in [1.82, 2.24) is 4.90 Å². The summed E-state index contributed by atoms with van der Waals surface area (Å²) in [7, 11) is 2.00. The van der Waals surface area contributed by atoms with E-state index < -0.39 is 5.92 Å². The summed E-state index contributed by atoms with van der Waals surface area (Å²) in [6, 6.07) is 12.9. The van der Waals surface area contributed by atoms with Gasteiger partial charge in [0.15, 0.2) is 18.2 Å². The molecule has 0 bridgehead atoms. The van der Waals surface area contributed by atoms with Gasteiger partial charge in [-0.2, -0.15) is 0 Å². The molecule has 2 aromatic rings. The van der Waals surface area contributed by atoms with Crippen LogP contribution in [0.2, 0.25) is 5.02 Å². The van der Waals surface area contributed by atoms with Crippen molar-refractivity contribution >= 4 is 34.8 Å². The maximum absolute atomic E-state index is 13.7. The number of carbonyl (C=O) groups is 3. The Kier molecular flexibility index (Phi) is 7.20. The molecule has 0 spiro atoms. The zero-order chi connectivity index (χ0) is 29.0. The Balaban J connectivity index is 1.46. The van der Waals surface area contributed by atoms with E-state index in [1.807, 2.05) is 44.3 Å². The fourth-order valence-electron chi connectivity index (χ4n) is 6.37. The summed E-state index contributed by atoms with van der Waals surface area (Å²) in [4.78, 5) is 41.9. The van der Waals surface area contributed by atoms with Crippen molar-refractivity contribution in [2.45, 2.75) is 66.2 Å². The fraction of sp³-hybridized carbons (Fsp3) is 0.424. The highest BCUT2D eigenvalue weighted by atomic mass is 35.5. The van der Waals surface area contributed by atoms with Crippen molar-refractivity contribution < 1.29 is 19.1 Å². The third-order valence-electron chi connectivity index (χ3n) is 8.13. The molecule has 0 fully saturated rings. The van der Waals surface area contributed by atoms with Crippen molar-refractivity contribution in [1.29, 1.82) is 0 Å². The number of anilines is 1. The molecule has 1 amide bonds. The van der Waals surface area contributed by atoms with Crippen LogP contribution in [0.15, 0.2) is 65.0 Å². The van der Waals surface area contributed by atoms with Crippen molar-refractivity contribution in [2.75, 3.05) is 19.0 Å². The van der Waals surface area contributed by atoms with Crippen molar-refractivity contribution in [3.8, 4) is 5.75 Å². The van der Waals surface area contributed by atoms with E-state index in [1.54, 1.807) is 12.1 Å². The van der Waals surface area contributed by atoms with E-state index in [9.17, 15) is 14.4 Å². The molecule has 2 aromatic carbocycles. The number of allylic oxidation sites excluding steroid dienone is 4. The normalized spacial score (nSPS) is 20.3. The Labute approximate surface area is 241 Å². The first kappa shape index (κ1) is 28.2. The van der Waals surface area contributed by atoms with Crippen molar-refractivity contribution in [3.63, 3.8) is 0 Å². The van der Waals surface area contributed by atoms with Gasteiger partial charge in [-0.3, -0.25) is 14.4 Å². The van der Waals surface area contributed by atoms with Crippen molar-refractivity contribution in [3.05, 3.63) is 81.2 Å². The Morgan fingerprint density at radius 3 is 2.10 bits per heavy atom. The van der Waals surface area contributed by atoms with Crippen LogP contribution < -0.4 is 10.1 Å². The number of halogens is 1. The lowest BCUT2D eigenvalue weighted by molar-refractivity contribution is -0.120. The molecule has 40 heavy (non-hydrogen) atoms. The van der Waals surface area contributed by atoms with E-state index in [1.165, 1.54) is 0 Å². The molecule has 0 aromatic heterocycles. The summed E-state index contributed by atoms with van der Waals surface area (Å²) >= 11 is 6.69. The van der Waals surface area contributed by atoms with Crippen LogP contribution in [0.3, 0.4) is 0 Å². The van der Waals surface area contributed by atoms with Gasteiger partial charge < -0.3 is 15.0 Å². The van der Waals surface area contributed by atoms with Gasteiger partial charge in [0.25, 0.3) is 5.91 Å². The predicted molar refractivity (Wildman–Crippen MR) is 157 cm³/mol. The molecule has 6 nitrogen and oxygen atoms in total. The predicted octanol–water partition coefficient (Wildman–Crippen LogP) is 6.98. The van der Waals surface area contributed by atoms with E-state index in [2.05, 4.69) is 37.9 Å². The third-order valence-corrected chi connectivity index (χ3v) is 8.43. The van der Waals surface area contributed by atoms with Gasteiger partial charge in [-0.1, -0.05) is 57.5 Å². The number of hydrogen-bond donors (Lipinski definition) is 1. The topological polar surface area (TPSA) is 75.7 Å². The van der Waals surface area contributed by atoms with Gasteiger partial charge in [0, 0.05) is 54.0 Å². The maximum Gasteiger partial charge on any atom is 0.262 e. The molecule has 1 heterocycles.